The summed E-state index contributed by atoms with van der Waals surface area (Å²) in [6, 6.07) is 0. The van der Waals surface area contributed by atoms with E-state index >= 15 is 0 Å². The molecule has 0 saturated heterocycles. The van der Waals surface area contributed by atoms with Crippen molar-refractivity contribution in [1.82, 2.24) is 0 Å². The van der Waals surface area contributed by atoms with Gasteiger partial charge in [0.25, 0.3) is 0 Å². The van der Waals surface area contributed by atoms with Crippen LogP contribution in [0.1, 0.15) is 90.9 Å². The Morgan fingerprint density at radius 1 is 0.471 bits per heavy atom. The summed E-state index contributed by atoms with van der Waals surface area (Å²) in [5, 5.41) is 0. The van der Waals surface area contributed by atoms with Crippen molar-refractivity contribution in [2.45, 2.75) is 90.9 Å². The molecule has 0 aliphatic carbocycles. The van der Waals surface area contributed by atoms with Crippen molar-refractivity contribution in [3.63, 3.8) is 0 Å². The molecule has 0 aliphatic rings. The molecule has 0 fully saturated rings. The van der Waals surface area contributed by atoms with Gasteiger partial charge in [0.15, 0.2) is 0 Å². The van der Waals surface area contributed by atoms with Gasteiger partial charge in [-0.3, -0.25) is 0 Å². The molecule has 0 unspecified atom stereocenters. The molecule has 0 heterocycles. The number of hydrogen-bond donors (Lipinski definition) is 0. The van der Waals surface area contributed by atoms with Crippen LogP contribution in [0.5, 0.6) is 0 Å². The fourth-order valence-corrected chi connectivity index (χ4v) is 4.73. The Balaban J connectivity index is 2.85. The van der Waals surface area contributed by atoms with E-state index in [0.717, 1.165) is 0 Å². The van der Waals surface area contributed by atoms with Crippen LogP contribution < -0.4 is 21.2 Å². The van der Waals surface area contributed by atoms with Crippen LogP contribution in [-0.4, -0.2) is 8.86 Å². The Bertz CT molecular complexity index is 109. The zero-order valence-electron chi connectivity index (χ0n) is 12.3. The number of hydrogen-bond acceptors (Lipinski definition) is 0. The van der Waals surface area contributed by atoms with Gasteiger partial charge >= 0.3 is 121 Å². The number of rotatable bonds is 14. The maximum atomic E-state index is 2.30. The SMILES string of the molecule is CCCCCCCC[I-]CCCCCCCC. The maximum absolute atomic E-state index is 2.30. The van der Waals surface area contributed by atoms with Gasteiger partial charge in [0, 0.05) is 0 Å². The van der Waals surface area contributed by atoms with E-state index in [1.807, 2.05) is 0 Å². The van der Waals surface area contributed by atoms with Gasteiger partial charge in [-0.15, -0.1) is 0 Å². The molecule has 0 nitrogen and oxygen atoms in total. The fourth-order valence-electron chi connectivity index (χ4n) is 2.03. The summed E-state index contributed by atoms with van der Waals surface area (Å²) in [5.74, 6) is 0. The molecule has 1 heteroatoms. The van der Waals surface area contributed by atoms with Gasteiger partial charge in [0.2, 0.25) is 0 Å². The van der Waals surface area contributed by atoms with E-state index in [9.17, 15) is 0 Å². The summed E-state index contributed by atoms with van der Waals surface area (Å²) in [6.45, 7) is 4.60. The Kier molecular flexibility index (Phi) is 17.4. The van der Waals surface area contributed by atoms with Crippen LogP contribution in [0.4, 0.5) is 0 Å². The molecule has 0 aromatic rings. The average Bonchev–Trinajstić information content (AvgIpc) is 2.35. The third kappa shape index (κ3) is 16.7. The van der Waals surface area contributed by atoms with E-state index in [1.54, 1.807) is 8.86 Å². The van der Waals surface area contributed by atoms with Crippen molar-refractivity contribution in [2.75, 3.05) is 8.86 Å². The van der Waals surface area contributed by atoms with E-state index < -0.39 is 0 Å². The zero-order valence-corrected chi connectivity index (χ0v) is 14.4. The third-order valence-corrected chi connectivity index (χ3v) is 6.29. The van der Waals surface area contributed by atoms with Crippen molar-refractivity contribution in [2.24, 2.45) is 0 Å². The Morgan fingerprint density at radius 3 is 1.24 bits per heavy atom. The second-order valence-electron chi connectivity index (χ2n) is 5.10. The van der Waals surface area contributed by atoms with E-state index in [2.05, 4.69) is 13.8 Å². The first kappa shape index (κ1) is 17.7. The summed E-state index contributed by atoms with van der Waals surface area (Å²) in [4.78, 5) is 0. The van der Waals surface area contributed by atoms with Gasteiger partial charge in [-0.25, -0.2) is 0 Å². The molecule has 106 valence electrons. The Morgan fingerprint density at radius 2 is 0.824 bits per heavy atom. The molecule has 0 radical (unpaired) electrons. The van der Waals surface area contributed by atoms with Crippen molar-refractivity contribution < 1.29 is 21.2 Å². The summed E-state index contributed by atoms with van der Waals surface area (Å²) in [7, 11) is 0. The topological polar surface area (TPSA) is 0 Å². The molecule has 0 saturated carbocycles. The molecule has 0 spiro atoms. The standard InChI is InChI=1S/C16H34I/c1-3-5-7-9-11-13-15-17-16-14-12-10-8-6-4-2/h3-16H2,1-2H3/q-1. The molecule has 0 aromatic heterocycles. The monoisotopic (exact) mass is 353 g/mol. The Labute approximate surface area is 121 Å². The fraction of sp³-hybridized carbons (Fsp3) is 1.00. The van der Waals surface area contributed by atoms with E-state index in [1.165, 1.54) is 77.0 Å². The van der Waals surface area contributed by atoms with E-state index in [-0.39, 0.29) is 0 Å². The summed E-state index contributed by atoms with van der Waals surface area (Å²) in [5.41, 5.74) is 0. The predicted molar refractivity (Wildman–Crippen MR) is 76.5 cm³/mol. The first-order chi connectivity index (χ1) is 8.41. The molecule has 0 bridgehead atoms. The molecule has 17 heavy (non-hydrogen) atoms. The third-order valence-electron chi connectivity index (χ3n) is 3.24. The molecule has 0 amide bonds. The normalized spacial score (nSPS) is 11.2. The van der Waals surface area contributed by atoms with Gasteiger partial charge in [-0.2, -0.15) is 0 Å². The molecule has 0 aromatic carbocycles. The summed E-state index contributed by atoms with van der Waals surface area (Å²) in [6.07, 6.45) is 17.7. The molecular weight excluding hydrogens is 319 g/mol. The van der Waals surface area contributed by atoms with Gasteiger partial charge in [-0.1, -0.05) is 0 Å². The van der Waals surface area contributed by atoms with Crippen molar-refractivity contribution in [3.05, 3.63) is 0 Å². The summed E-state index contributed by atoms with van der Waals surface area (Å²) < 4.78 is 3.19. The van der Waals surface area contributed by atoms with Crippen LogP contribution >= 0.6 is 0 Å². The van der Waals surface area contributed by atoms with Crippen LogP contribution in [0.3, 0.4) is 0 Å². The van der Waals surface area contributed by atoms with Crippen molar-refractivity contribution in [3.8, 4) is 0 Å². The van der Waals surface area contributed by atoms with E-state index in [0.29, 0.717) is 21.2 Å². The second kappa shape index (κ2) is 16.7. The quantitative estimate of drug-likeness (QED) is 0.256. The van der Waals surface area contributed by atoms with Crippen molar-refractivity contribution in [1.29, 1.82) is 0 Å². The summed E-state index contributed by atoms with van der Waals surface area (Å²) >= 11 is 0.573. The van der Waals surface area contributed by atoms with Crippen LogP contribution in [0.2, 0.25) is 0 Å². The number of unbranched alkanes of at least 4 members (excludes halogenated alkanes) is 10. The molecule has 0 aliphatic heterocycles. The van der Waals surface area contributed by atoms with Crippen LogP contribution in [0.25, 0.3) is 0 Å². The molecule has 0 atom stereocenters. The van der Waals surface area contributed by atoms with Gasteiger partial charge in [0.05, 0.1) is 0 Å². The zero-order chi connectivity index (χ0) is 12.6. The van der Waals surface area contributed by atoms with Crippen LogP contribution in [-0.2, 0) is 0 Å². The first-order valence-corrected chi connectivity index (χ1v) is 11.0. The molecular formula is C16H34I-. The molecule has 0 rings (SSSR count). The van der Waals surface area contributed by atoms with Crippen LogP contribution in [0.15, 0.2) is 0 Å². The van der Waals surface area contributed by atoms with E-state index in [4.69, 9.17) is 0 Å². The Hall–Kier alpha value is 0.730. The van der Waals surface area contributed by atoms with Gasteiger partial charge in [0.1, 0.15) is 0 Å². The predicted octanol–water partition coefficient (Wildman–Crippen LogP) is 2.80. The first-order valence-electron chi connectivity index (χ1n) is 7.95. The van der Waals surface area contributed by atoms with Crippen LogP contribution in [0, 0.1) is 0 Å². The van der Waals surface area contributed by atoms with Gasteiger partial charge in [-0.05, 0) is 0 Å². The second-order valence-corrected chi connectivity index (χ2v) is 8.34. The average molecular weight is 353 g/mol. The van der Waals surface area contributed by atoms with Crippen molar-refractivity contribution >= 4 is 0 Å². The minimum absolute atomic E-state index is 0.573. The number of halogens is 1. The molecule has 0 N–H and O–H groups in total. The van der Waals surface area contributed by atoms with Gasteiger partial charge < -0.3 is 0 Å². The number of alkyl halides is 2. The minimum atomic E-state index is 0.573.